The van der Waals surface area contributed by atoms with Gasteiger partial charge in [0.15, 0.2) is 0 Å². The maximum Gasteiger partial charge on any atom is 0.0231 e. The van der Waals surface area contributed by atoms with Crippen molar-refractivity contribution in [2.75, 3.05) is 26.7 Å². The highest BCUT2D eigenvalue weighted by molar-refractivity contribution is 9.10. The van der Waals surface area contributed by atoms with Gasteiger partial charge in [-0.25, -0.2) is 0 Å². The second kappa shape index (κ2) is 8.81. The summed E-state index contributed by atoms with van der Waals surface area (Å²) in [6, 6.07) is 8.58. The van der Waals surface area contributed by atoms with Crippen molar-refractivity contribution < 1.29 is 0 Å². The molecule has 1 aliphatic rings. The first kappa shape index (κ1) is 16.0. The Kier molecular flexibility index (Phi) is 7.05. The largest absolute Gasteiger partial charge is 0.315 e. The van der Waals surface area contributed by atoms with Crippen LogP contribution in [-0.4, -0.2) is 31.6 Å². The summed E-state index contributed by atoms with van der Waals surface area (Å²) in [5.74, 6) is 0.930. The molecule has 1 aromatic rings. The van der Waals surface area contributed by atoms with Crippen LogP contribution < -0.4 is 5.32 Å². The van der Waals surface area contributed by atoms with E-state index in [0.29, 0.717) is 0 Å². The van der Waals surface area contributed by atoms with Crippen molar-refractivity contribution in [2.45, 2.75) is 38.6 Å². The fraction of sp³-hybridized carbons (Fsp3) is 0.647. The van der Waals surface area contributed by atoms with Gasteiger partial charge < -0.3 is 10.2 Å². The summed E-state index contributed by atoms with van der Waals surface area (Å²) in [6.07, 6.45) is 7.19. The van der Waals surface area contributed by atoms with Crippen LogP contribution in [0.3, 0.4) is 0 Å². The maximum atomic E-state index is 3.63. The van der Waals surface area contributed by atoms with Gasteiger partial charge >= 0.3 is 0 Å². The molecule has 0 heterocycles. The van der Waals surface area contributed by atoms with Crippen molar-refractivity contribution in [2.24, 2.45) is 5.92 Å². The Hall–Kier alpha value is -0.380. The highest BCUT2D eigenvalue weighted by Gasteiger charge is 2.12. The van der Waals surface area contributed by atoms with Crippen LogP contribution in [0.5, 0.6) is 0 Å². The summed E-state index contributed by atoms with van der Waals surface area (Å²) in [4.78, 5) is 2.38. The van der Waals surface area contributed by atoms with Crippen LogP contribution in [-0.2, 0) is 6.54 Å². The molecule has 0 unspecified atom stereocenters. The number of hydrogen-bond acceptors (Lipinski definition) is 2. The molecule has 1 N–H and O–H groups in total. The fourth-order valence-electron chi connectivity index (χ4n) is 2.99. The van der Waals surface area contributed by atoms with Crippen molar-refractivity contribution in [3.8, 4) is 0 Å². The minimum Gasteiger partial charge on any atom is -0.315 e. The van der Waals surface area contributed by atoms with Crippen LogP contribution >= 0.6 is 15.9 Å². The molecule has 1 saturated carbocycles. The zero-order valence-corrected chi connectivity index (χ0v) is 14.2. The Morgan fingerprint density at radius 1 is 1.25 bits per heavy atom. The molecule has 2 rings (SSSR count). The van der Waals surface area contributed by atoms with E-state index in [1.807, 2.05) is 0 Å². The third-order valence-electron chi connectivity index (χ3n) is 4.17. The number of rotatable bonds is 7. The smallest absolute Gasteiger partial charge is 0.0231 e. The third-order valence-corrected chi connectivity index (χ3v) is 4.66. The van der Waals surface area contributed by atoms with E-state index in [1.165, 1.54) is 48.7 Å². The van der Waals surface area contributed by atoms with E-state index in [0.717, 1.165) is 25.6 Å². The van der Waals surface area contributed by atoms with E-state index < -0.39 is 0 Å². The summed E-state index contributed by atoms with van der Waals surface area (Å²) in [6.45, 7) is 4.44. The Labute approximate surface area is 132 Å². The zero-order chi connectivity index (χ0) is 14.2. The fourth-order valence-corrected chi connectivity index (χ4v) is 3.44. The molecule has 3 heteroatoms. The number of hydrogen-bond donors (Lipinski definition) is 1. The Morgan fingerprint density at radius 3 is 2.80 bits per heavy atom. The molecule has 112 valence electrons. The van der Waals surface area contributed by atoms with Gasteiger partial charge in [0.2, 0.25) is 0 Å². The predicted molar refractivity (Wildman–Crippen MR) is 89.9 cm³/mol. The molecule has 2 nitrogen and oxygen atoms in total. The summed E-state index contributed by atoms with van der Waals surface area (Å²) < 4.78 is 1.17. The lowest BCUT2D eigenvalue weighted by Gasteiger charge is -2.23. The molecular weight excluding hydrogens is 312 g/mol. The Morgan fingerprint density at radius 2 is 2.05 bits per heavy atom. The van der Waals surface area contributed by atoms with Crippen molar-refractivity contribution >= 4 is 15.9 Å². The quantitative estimate of drug-likeness (QED) is 0.754. The molecule has 0 bridgehead atoms. The van der Waals surface area contributed by atoms with E-state index in [4.69, 9.17) is 0 Å². The van der Waals surface area contributed by atoms with Crippen molar-refractivity contribution in [3.63, 3.8) is 0 Å². The molecule has 0 radical (unpaired) electrons. The molecule has 0 saturated heterocycles. The first-order chi connectivity index (χ1) is 9.74. The van der Waals surface area contributed by atoms with E-state index in [1.54, 1.807) is 0 Å². The summed E-state index contributed by atoms with van der Waals surface area (Å²) in [5.41, 5.74) is 1.37. The van der Waals surface area contributed by atoms with Crippen molar-refractivity contribution in [3.05, 3.63) is 34.3 Å². The van der Waals surface area contributed by atoms with Crippen LogP contribution in [0.2, 0.25) is 0 Å². The number of nitrogens with one attached hydrogen (secondary N) is 1. The average molecular weight is 339 g/mol. The second-order valence-electron chi connectivity index (χ2n) is 6.08. The van der Waals surface area contributed by atoms with Gasteiger partial charge in [0.05, 0.1) is 0 Å². The van der Waals surface area contributed by atoms with E-state index >= 15 is 0 Å². The second-order valence-corrected chi connectivity index (χ2v) is 6.99. The molecule has 0 aromatic heterocycles. The predicted octanol–water partition coefficient (Wildman–Crippen LogP) is 4.05. The molecule has 20 heavy (non-hydrogen) atoms. The van der Waals surface area contributed by atoms with Crippen LogP contribution in [0.25, 0.3) is 0 Å². The maximum absolute atomic E-state index is 3.63. The summed E-state index contributed by atoms with van der Waals surface area (Å²) in [7, 11) is 2.20. The zero-order valence-electron chi connectivity index (χ0n) is 12.6. The molecule has 1 aliphatic carbocycles. The SMILES string of the molecule is CN(CCNCC1CCCCC1)Cc1cccc(Br)c1. The Balaban J connectivity index is 1.59. The normalized spacial score (nSPS) is 16.8. The molecule has 0 spiro atoms. The highest BCUT2D eigenvalue weighted by atomic mass is 79.9. The van der Waals surface area contributed by atoms with Gasteiger partial charge in [-0.3, -0.25) is 0 Å². The van der Waals surface area contributed by atoms with Gasteiger partial charge in [0.1, 0.15) is 0 Å². The first-order valence-corrected chi connectivity index (χ1v) is 8.67. The van der Waals surface area contributed by atoms with E-state index in [-0.39, 0.29) is 0 Å². The third kappa shape index (κ3) is 5.94. The number of benzene rings is 1. The van der Waals surface area contributed by atoms with Crippen LogP contribution in [0, 0.1) is 5.92 Å². The minimum absolute atomic E-state index is 0.930. The van der Waals surface area contributed by atoms with Gasteiger partial charge in [-0.05, 0) is 50.0 Å². The van der Waals surface area contributed by atoms with Gasteiger partial charge in [-0.1, -0.05) is 47.3 Å². The minimum atomic E-state index is 0.930. The lowest BCUT2D eigenvalue weighted by molar-refractivity contribution is 0.304. The number of likely N-dealkylation sites (N-methyl/N-ethyl adjacent to an activating group) is 1. The molecule has 0 aliphatic heterocycles. The van der Waals surface area contributed by atoms with Gasteiger partial charge in [-0.15, -0.1) is 0 Å². The van der Waals surface area contributed by atoms with Gasteiger partial charge in [-0.2, -0.15) is 0 Å². The van der Waals surface area contributed by atoms with Crippen LogP contribution in [0.1, 0.15) is 37.7 Å². The van der Waals surface area contributed by atoms with Gasteiger partial charge in [0, 0.05) is 24.1 Å². The molecule has 1 fully saturated rings. The molecule has 0 amide bonds. The van der Waals surface area contributed by atoms with Crippen LogP contribution in [0.4, 0.5) is 0 Å². The number of nitrogens with zero attached hydrogens (tertiary/aromatic N) is 1. The topological polar surface area (TPSA) is 15.3 Å². The monoisotopic (exact) mass is 338 g/mol. The van der Waals surface area contributed by atoms with Crippen molar-refractivity contribution in [1.82, 2.24) is 10.2 Å². The molecular formula is C17H27BrN2. The van der Waals surface area contributed by atoms with E-state index in [9.17, 15) is 0 Å². The Bertz CT molecular complexity index is 388. The van der Waals surface area contributed by atoms with Gasteiger partial charge in [0.25, 0.3) is 0 Å². The summed E-state index contributed by atoms with van der Waals surface area (Å²) >= 11 is 3.53. The number of halogens is 1. The van der Waals surface area contributed by atoms with Crippen molar-refractivity contribution in [1.29, 1.82) is 0 Å². The van der Waals surface area contributed by atoms with E-state index in [2.05, 4.69) is 57.5 Å². The molecule has 1 aromatic carbocycles. The first-order valence-electron chi connectivity index (χ1n) is 7.88. The van der Waals surface area contributed by atoms with Crippen LogP contribution in [0.15, 0.2) is 28.7 Å². The lowest BCUT2D eigenvalue weighted by atomic mass is 9.89. The molecule has 0 atom stereocenters. The highest BCUT2D eigenvalue weighted by Crippen LogP contribution is 2.22. The average Bonchev–Trinajstić information content (AvgIpc) is 2.45. The lowest BCUT2D eigenvalue weighted by Crippen LogP contribution is -2.32. The summed E-state index contributed by atoms with van der Waals surface area (Å²) in [5, 5.41) is 3.63. The standard InChI is InChI=1S/C17H27BrN2/c1-20(14-16-8-5-9-17(18)12-16)11-10-19-13-15-6-3-2-4-7-15/h5,8-9,12,15,19H,2-4,6-7,10-11,13-14H2,1H3.